The normalized spacial score (nSPS) is 16.0. The average Bonchev–Trinajstić information content (AvgIpc) is 3.05. The summed E-state index contributed by atoms with van der Waals surface area (Å²) in [6.07, 6.45) is 1.88. The highest BCUT2D eigenvalue weighted by Crippen LogP contribution is 2.27. The van der Waals surface area contributed by atoms with Crippen molar-refractivity contribution in [3.8, 4) is 5.75 Å². The van der Waals surface area contributed by atoms with Gasteiger partial charge in [0, 0.05) is 38.4 Å². The van der Waals surface area contributed by atoms with Gasteiger partial charge in [-0.05, 0) is 31.8 Å². The number of carbonyl (C=O) groups excluding carboxylic acids is 2. The van der Waals surface area contributed by atoms with Crippen LogP contribution in [-0.4, -0.2) is 65.7 Å². The number of nitrogens with one attached hydrogen (secondary N) is 1. The lowest BCUT2D eigenvalue weighted by molar-refractivity contribution is -0.134. The van der Waals surface area contributed by atoms with Crippen molar-refractivity contribution in [2.75, 3.05) is 34.3 Å². The third-order valence-electron chi connectivity index (χ3n) is 4.78. The summed E-state index contributed by atoms with van der Waals surface area (Å²) in [4.78, 5) is 29.0. The molecular weight excluding hydrogens is 358 g/mol. The van der Waals surface area contributed by atoms with Crippen LogP contribution in [0.4, 0.5) is 0 Å². The van der Waals surface area contributed by atoms with E-state index >= 15 is 0 Å². The molecule has 3 rings (SSSR count). The van der Waals surface area contributed by atoms with Crippen molar-refractivity contribution in [2.24, 2.45) is 7.05 Å². The maximum atomic E-state index is 12.9. The lowest BCUT2D eigenvalue weighted by Gasteiger charge is -2.32. The molecule has 1 aliphatic rings. The first-order chi connectivity index (χ1) is 13.4. The van der Waals surface area contributed by atoms with E-state index in [1.165, 1.54) is 0 Å². The van der Waals surface area contributed by atoms with E-state index in [1.807, 2.05) is 56.5 Å². The number of amides is 2. The van der Waals surface area contributed by atoms with Gasteiger partial charge in [-0.1, -0.05) is 12.1 Å². The summed E-state index contributed by atoms with van der Waals surface area (Å²) in [5.74, 6) is 0.176. The summed E-state index contributed by atoms with van der Waals surface area (Å²) >= 11 is 0. The van der Waals surface area contributed by atoms with Gasteiger partial charge in [-0.3, -0.25) is 14.3 Å². The Bertz CT molecular complexity index is 844. The average molecular weight is 385 g/mol. The number of hydrogen-bond donors (Lipinski definition) is 1. The molecule has 0 saturated heterocycles. The van der Waals surface area contributed by atoms with Gasteiger partial charge in [0.05, 0.1) is 25.3 Å². The first-order valence-corrected chi connectivity index (χ1v) is 9.23. The highest BCUT2D eigenvalue weighted by atomic mass is 16.5. The number of aromatic nitrogens is 2. The van der Waals surface area contributed by atoms with Crippen molar-refractivity contribution in [2.45, 2.75) is 19.0 Å². The maximum absolute atomic E-state index is 12.9. The lowest BCUT2D eigenvalue weighted by atomic mass is 9.95. The fourth-order valence-corrected chi connectivity index (χ4v) is 3.37. The van der Waals surface area contributed by atoms with Crippen LogP contribution >= 0.6 is 0 Å². The van der Waals surface area contributed by atoms with Gasteiger partial charge in [0.2, 0.25) is 11.8 Å². The van der Waals surface area contributed by atoms with Crippen molar-refractivity contribution >= 4 is 11.8 Å². The van der Waals surface area contributed by atoms with E-state index in [4.69, 9.17) is 4.74 Å². The van der Waals surface area contributed by atoms with Gasteiger partial charge < -0.3 is 19.9 Å². The molecule has 28 heavy (non-hydrogen) atoms. The predicted molar refractivity (Wildman–Crippen MR) is 105 cm³/mol. The van der Waals surface area contributed by atoms with Crippen LogP contribution in [0.25, 0.3) is 0 Å². The summed E-state index contributed by atoms with van der Waals surface area (Å²) in [5.41, 5.74) is 2.65. The summed E-state index contributed by atoms with van der Waals surface area (Å²) in [6.45, 7) is 1.55. The first kappa shape index (κ1) is 19.9. The summed E-state index contributed by atoms with van der Waals surface area (Å²) < 4.78 is 6.86. The molecular formula is C20H27N5O3. The molecule has 2 aromatic rings. The van der Waals surface area contributed by atoms with Crippen molar-refractivity contribution in [3.05, 3.63) is 47.3 Å². The van der Waals surface area contributed by atoms with Crippen molar-refractivity contribution in [1.82, 2.24) is 24.9 Å². The fourth-order valence-electron chi connectivity index (χ4n) is 3.37. The van der Waals surface area contributed by atoms with Crippen LogP contribution in [0.5, 0.6) is 5.75 Å². The predicted octanol–water partition coefficient (Wildman–Crippen LogP) is 0.733. The molecule has 0 spiro atoms. The molecule has 1 unspecified atom stereocenters. The Labute approximate surface area is 165 Å². The number of fused-ring (bicyclic) bond motifs is 1. The van der Waals surface area contributed by atoms with Gasteiger partial charge in [0.15, 0.2) is 0 Å². The SMILES string of the molecule is COc1ccc(CNC(=O)C2CN(C(=O)CN(C)C)Cc3cn(C)nc32)cc1. The zero-order chi connectivity index (χ0) is 20.3. The molecule has 2 heterocycles. The lowest BCUT2D eigenvalue weighted by Crippen LogP contribution is -2.46. The van der Waals surface area contributed by atoms with Crippen LogP contribution in [-0.2, 0) is 29.7 Å². The minimum absolute atomic E-state index is 0.00691. The molecule has 150 valence electrons. The number of methoxy groups -OCH3 is 1. The van der Waals surface area contributed by atoms with Gasteiger partial charge in [-0.25, -0.2) is 0 Å². The molecule has 8 nitrogen and oxygen atoms in total. The number of rotatable bonds is 6. The highest BCUT2D eigenvalue weighted by Gasteiger charge is 2.35. The number of hydrogen-bond acceptors (Lipinski definition) is 5. The minimum Gasteiger partial charge on any atom is -0.497 e. The smallest absolute Gasteiger partial charge is 0.237 e. The number of carbonyl (C=O) groups is 2. The van der Waals surface area contributed by atoms with Gasteiger partial charge in [-0.2, -0.15) is 5.10 Å². The van der Waals surface area contributed by atoms with Crippen LogP contribution in [0.1, 0.15) is 22.7 Å². The Hall–Kier alpha value is -2.87. The standard InChI is InChI=1S/C20H27N5O3/c1-23(2)13-18(26)25-11-15-10-24(3)22-19(15)17(12-25)20(27)21-9-14-5-7-16(28-4)8-6-14/h5-8,10,17H,9,11-13H2,1-4H3,(H,21,27). The molecule has 1 aliphatic heterocycles. The van der Waals surface area contributed by atoms with Crippen molar-refractivity contribution < 1.29 is 14.3 Å². The topological polar surface area (TPSA) is 79.7 Å². The molecule has 0 fully saturated rings. The first-order valence-electron chi connectivity index (χ1n) is 9.23. The van der Waals surface area contributed by atoms with E-state index in [1.54, 1.807) is 16.7 Å². The largest absolute Gasteiger partial charge is 0.497 e. The molecule has 0 bridgehead atoms. The zero-order valence-electron chi connectivity index (χ0n) is 16.8. The molecule has 1 aromatic heterocycles. The Kier molecular flexibility index (Phi) is 5.99. The van der Waals surface area contributed by atoms with Crippen LogP contribution in [0.3, 0.4) is 0 Å². The summed E-state index contributed by atoms with van der Waals surface area (Å²) in [7, 11) is 7.16. The zero-order valence-corrected chi connectivity index (χ0v) is 16.8. The van der Waals surface area contributed by atoms with Crippen molar-refractivity contribution in [3.63, 3.8) is 0 Å². The second-order valence-corrected chi connectivity index (χ2v) is 7.34. The number of ether oxygens (including phenoxy) is 1. The monoisotopic (exact) mass is 385 g/mol. The van der Waals surface area contributed by atoms with Crippen LogP contribution in [0.15, 0.2) is 30.5 Å². The van der Waals surface area contributed by atoms with E-state index in [-0.39, 0.29) is 11.8 Å². The van der Waals surface area contributed by atoms with E-state index in [9.17, 15) is 9.59 Å². The molecule has 0 aliphatic carbocycles. The van der Waals surface area contributed by atoms with Gasteiger partial charge in [-0.15, -0.1) is 0 Å². The molecule has 1 atom stereocenters. The summed E-state index contributed by atoms with van der Waals surface area (Å²) in [6, 6.07) is 7.55. The van der Waals surface area contributed by atoms with E-state index in [2.05, 4.69) is 10.4 Å². The molecule has 1 aromatic carbocycles. The number of nitrogens with zero attached hydrogens (tertiary/aromatic N) is 4. The second-order valence-electron chi connectivity index (χ2n) is 7.34. The summed E-state index contributed by atoms with van der Waals surface area (Å²) in [5, 5.41) is 7.46. The third-order valence-corrected chi connectivity index (χ3v) is 4.78. The van der Waals surface area contributed by atoms with Gasteiger partial charge in [0.25, 0.3) is 0 Å². The maximum Gasteiger partial charge on any atom is 0.237 e. The fraction of sp³-hybridized carbons (Fsp3) is 0.450. The Morgan fingerprint density at radius 3 is 2.64 bits per heavy atom. The highest BCUT2D eigenvalue weighted by molar-refractivity contribution is 5.86. The van der Waals surface area contributed by atoms with Crippen LogP contribution in [0, 0.1) is 0 Å². The van der Waals surface area contributed by atoms with Crippen LogP contribution < -0.4 is 10.1 Å². The quantitative estimate of drug-likeness (QED) is 0.793. The number of benzene rings is 1. The minimum atomic E-state index is -0.477. The van der Waals surface area contributed by atoms with E-state index in [0.717, 1.165) is 22.6 Å². The number of aryl methyl sites for hydroxylation is 1. The van der Waals surface area contributed by atoms with E-state index < -0.39 is 5.92 Å². The Morgan fingerprint density at radius 2 is 2.00 bits per heavy atom. The molecule has 2 amide bonds. The van der Waals surface area contributed by atoms with E-state index in [0.29, 0.717) is 26.2 Å². The van der Waals surface area contributed by atoms with Crippen molar-refractivity contribution in [1.29, 1.82) is 0 Å². The number of likely N-dealkylation sites (N-methyl/N-ethyl adjacent to an activating group) is 1. The molecule has 0 saturated carbocycles. The third kappa shape index (κ3) is 4.51. The Balaban J connectivity index is 1.72. The van der Waals surface area contributed by atoms with Crippen LogP contribution in [0.2, 0.25) is 0 Å². The Morgan fingerprint density at radius 1 is 1.29 bits per heavy atom. The molecule has 8 heteroatoms. The van der Waals surface area contributed by atoms with Gasteiger partial charge in [0.1, 0.15) is 5.75 Å². The molecule has 1 N–H and O–H groups in total. The van der Waals surface area contributed by atoms with Gasteiger partial charge >= 0.3 is 0 Å². The molecule has 0 radical (unpaired) electrons. The second kappa shape index (κ2) is 8.43.